The third kappa shape index (κ3) is 5.92. The van der Waals surface area contributed by atoms with Crippen LogP contribution in [0, 0.1) is 24.0 Å². The van der Waals surface area contributed by atoms with Crippen molar-refractivity contribution in [2.24, 2.45) is 5.16 Å². The predicted molar refractivity (Wildman–Crippen MR) is 101 cm³/mol. The number of amides is 2. The van der Waals surface area contributed by atoms with Crippen molar-refractivity contribution in [3.8, 4) is 0 Å². The molecule has 0 saturated heterocycles. The van der Waals surface area contributed by atoms with Gasteiger partial charge in [-0.1, -0.05) is 29.4 Å². The monoisotopic (exact) mass is 370 g/mol. The molecule has 0 aromatic heterocycles. The van der Waals surface area contributed by atoms with Crippen LogP contribution in [-0.2, 0) is 14.4 Å². The SMILES string of the molecule is Cc1cccc(C)c1NC(=O)CO/N=C\C(=O)Nc1cccc([N+](=O)[O-])c1. The van der Waals surface area contributed by atoms with Crippen molar-refractivity contribution in [3.63, 3.8) is 0 Å². The Morgan fingerprint density at radius 2 is 1.81 bits per heavy atom. The molecule has 0 atom stereocenters. The number of nitro benzene ring substituents is 1. The minimum absolute atomic E-state index is 0.149. The molecule has 140 valence electrons. The Hall–Kier alpha value is -3.75. The fourth-order valence-corrected chi connectivity index (χ4v) is 2.24. The van der Waals surface area contributed by atoms with Crippen LogP contribution in [-0.4, -0.2) is 29.6 Å². The normalized spacial score (nSPS) is 10.4. The summed E-state index contributed by atoms with van der Waals surface area (Å²) in [5.41, 5.74) is 2.64. The fraction of sp³-hybridized carbons (Fsp3) is 0.167. The molecular weight excluding hydrogens is 352 g/mol. The lowest BCUT2D eigenvalue weighted by Gasteiger charge is -2.10. The number of non-ortho nitro benzene ring substituents is 1. The molecule has 0 aliphatic carbocycles. The maximum atomic E-state index is 11.9. The lowest BCUT2D eigenvalue weighted by atomic mass is 10.1. The predicted octanol–water partition coefficient (Wildman–Crippen LogP) is 2.79. The van der Waals surface area contributed by atoms with Crippen LogP contribution in [0.3, 0.4) is 0 Å². The highest BCUT2D eigenvalue weighted by Crippen LogP contribution is 2.19. The highest BCUT2D eigenvalue weighted by atomic mass is 16.6. The summed E-state index contributed by atoms with van der Waals surface area (Å²) in [6, 6.07) is 11.1. The van der Waals surface area contributed by atoms with Gasteiger partial charge in [-0.25, -0.2) is 0 Å². The maximum Gasteiger partial charge on any atom is 0.271 e. The van der Waals surface area contributed by atoms with Crippen molar-refractivity contribution < 1.29 is 19.3 Å². The molecule has 0 aliphatic rings. The molecule has 2 N–H and O–H groups in total. The number of nitrogens with zero attached hydrogens (tertiary/aromatic N) is 2. The number of nitro groups is 1. The number of nitrogens with one attached hydrogen (secondary N) is 2. The number of anilines is 2. The molecule has 0 radical (unpaired) electrons. The molecule has 0 fully saturated rings. The molecule has 9 nitrogen and oxygen atoms in total. The Morgan fingerprint density at radius 1 is 1.15 bits per heavy atom. The van der Waals surface area contributed by atoms with E-state index in [0.717, 1.165) is 17.3 Å². The van der Waals surface area contributed by atoms with Crippen LogP contribution in [0.15, 0.2) is 47.6 Å². The second kappa shape index (κ2) is 9.09. The molecule has 27 heavy (non-hydrogen) atoms. The Bertz CT molecular complexity index is 875. The molecule has 2 aromatic carbocycles. The number of aryl methyl sites for hydroxylation is 2. The number of para-hydroxylation sites is 1. The van der Waals surface area contributed by atoms with Crippen LogP contribution < -0.4 is 10.6 Å². The number of benzene rings is 2. The Balaban J connectivity index is 1.81. The molecule has 9 heteroatoms. The van der Waals surface area contributed by atoms with Gasteiger partial charge >= 0.3 is 0 Å². The van der Waals surface area contributed by atoms with Gasteiger partial charge < -0.3 is 15.5 Å². The van der Waals surface area contributed by atoms with E-state index >= 15 is 0 Å². The molecule has 0 aliphatic heterocycles. The van der Waals surface area contributed by atoms with Crippen LogP contribution in [0.25, 0.3) is 0 Å². The van der Waals surface area contributed by atoms with E-state index in [1.807, 2.05) is 32.0 Å². The van der Waals surface area contributed by atoms with Gasteiger partial charge in [-0.05, 0) is 31.0 Å². The molecule has 0 saturated carbocycles. The third-order valence-corrected chi connectivity index (χ3v) is 3.51. The van der Waals surface area contributed by atoms with Gasteiger partial charge in [0.1, 0.15) is 6.21 Å². The largest absolute Gasteiger partial charge is 0.385 e. The van der Waals surface area contributed by atoms with Gasteiger partial charge in [-0.2, -0.15) is 0 Å². The number of oxime groups is 1. The van der Waals surface area contributed by atoms with Crippen LogP contribution >= 0.6 is 0 Å². The summed E-state index contributed by atoms with van der Waals surface area (Å²) in [4.78, 5) is 38.5. The van der Waals surface area contributed by atoms with Crippen LogP contribution in [0.5, 0.6) is 0 Å². The first-order valence-corrected chi connectivity index (χ1v) is 7.93. The van der Waals surface area contributed by atoms with E-state index in [1.165, 1.54) is 24.3 Å². The number of carbonyl (C=O) groups is 2. The molecule has 2 rings (SSSR count). The summed E-state index contributed by atoms with van der Waals surface area (Å²) >= 11 is 0. The average molecular weight is 370 g/mol. The van der Waals surface area contributed by atoms with Crippen molar-refractivity contribution >= 4 is 35.1 Å². The van der Waals surface area contributed by atoms with E-state index in [2.05, 4.69) is 15.8 Å². The number of rotatable bonds is 7. The summed E-state index contributed by atoms with van der Waals surface area (Å²) in [7, 11) is 0. The van der Waals surface area contributed by atoms with E-state index in [-0.39, 0.29) is 18.0 Å². The second-order valence-corrected chi connectivity index (χ2v) is 5.62. The van der Waals surface area contributed by atoms with E-state index in [9.17, 15) is 19.7 Å². The van der Waals surface area contributed by atoms with Gasteiger partial charge in [0, 0.05) is 23.5 Å². The highest BCUT2D eigenvalue weighted by molar-refractivity contribution is 6.31. The highest BCUT2D eigenvalue weighted by Gasteiger charge is 2.09. The quantitative estimate of drug-likeness (QED) is 0.441. The van der Waals surface area contributed by atoms with Gasteiger partial charge in [-0.15, -0.1) is 0 Å². The van der Waals surface area contributed by atoms with Crippen LogP contribution in [0.2, 0.25) is 0 Å². The van der Waals surface area contributed by atoms with Gasteiger partial charge in [-0.3, -0.25) is 19.7 Å². The second-order valence-electron chi connectivity index (χ2n) is 5.62. The fourth-order valence-electron chi connectivity index (χ4n) is 2.24. The minimum atomic E-state index is -0.648. The summed E-state index contributed by atoms with van der Waals surface area (Å²) < 4.78 is 0. The lowest BCUT2D eigenvalue weighted by Crippen LogP contribution is -2.19. The summed E-state index contributed by atoms with van der Waals surface area (Å²) in [5.74, 6) is -1.06. The molecule has 0 spiro atoms. The van der Waals surface area contributed by atoms with Crippen LogP contribution in [0.1, 0.15) is 11.1 Å². The molecule has 0 bridgehead atoms. The minimum Gasteiger partial charge on any atom is -0.385 e. The molecule has 2 amide bonds. The summed E-state index contributed by atoms with van der Waals surface area (Å²) in [5, 5.41) is 19.2. The first-order valence-electron chi connectivity index (χ1n) is 7.93. The van der Waals surface area contributed by atoms with Gasteiger partial charge in [0.25, 0.3) is 17.5 Å². The van der Waals surface area contributed by atoms with Crippen molar-refractivity contribution in [2.75, 3.05) is 17.2 Å². The number of hydrogen-bond donors (Lipinski definition) is 2. The Morgan fingerprint density at radius 3 is 2.48 bits per heavy atom. The molecule has 0 unspecified atom stereocenters. The maximum absolute atomic E-state index is 11.9. The smallest absolute Gasteiger partial charge is 0.271 e. The topological polar surface area (TPSA) is 123 Å². The molecule has 2 aromatic rings. The molecule has 0 heterocycles. The van der Waals surface area contributed by atoms with E-state index in [0.29, 0.717) is 5.69 Å². The first kappa shape index (κ1) is 19.6. The Kier molecular flexibility index (Phi) is 6.59. The summed E-state index contributed by atoms with van der Waals surface area (Å²) in [6.45, 7) is 3.38. The zero-order valence-electron chi connectivity index (χ0n) is 14.8. The third-order valence-electron chi connectivity index (χ3n) is 3.51. The summed E-state index contributed by atoms with van der Waals surface area (Å²) in [6.07, 6.45) is 0.838. The standard InChI is InChI=1S/C18H18N4O5/c1-12-5-3-6-13(2)18(12)21-17(24)11-27-19-10-16(23)20-14-7-4-8-15(9-14)22(25)26/h3-10H,11H2,1-2H3,(H,20,23)(H,21,24)/b19-10-. The average Bonchev–Trinajstić information content (AvgIpc) is 2.62. The van der Waals surface area contributed by atoms with Crippen molar-refractivity contribution in [2.45, 2.75) is 13.8 Å². The van der Waals surface area contributed by atoms with Gasteiger partial charge in [0.05, 0.1) is 4.92 Å². The zero-order chi connectivity index (χ0) is 19.8. The van der Waals surface area contributed by atoms with E-state index in [4.69, 9.17) is 4.84 Å². The number of hydrogen-bond acceptors (Lipinski definition) is 6. The molecular formula is C18H18N4O5. The van der Waals surface area contributed by atoms with Gasteiger partial charge in [0.15, 0.2) is 6.61 Å². The van der Waals surface area contributed by atoms with Crippen molar-refractivity contribution in [3.05, 3.63) is 63.7 Å². The van der Waals surface area contributed by atoms with Crippen molar-refractivity contribution in [1.82, 2.24) is 0 Å². The van der Waals surface area contributed by atoms with Gasteiger partial charge in [0.2, 0.25) is 0 Å². The number of carbonyl (C=O) groups excluding carboxylic acids is 2. The lowest BCUT2D eigenvalue weighted by molar-refractivity contribution is -0.384. The van der Waals surface area contributed by atoms with E-state index in [1.54, 1.807) is 0 Å². The Labute approximate surface area is 155 Å². The first-order chi connectivity index (χ1) is 12.9. The van der Waals surface area contributed by atoms with E-state index < -0.39 is 16.7 Å². The van der Waals surface area contributed by atoms with Crippen molar-refractivity contribution in [1.29, 1.82) is 0 Å². The van der Waals surface area contributed by atoms with Crippen LogP contribution in [0.4, 0.5) is 17.1 Å². The zero-order valence-corrected chi connectivity index (χ0v) is 14.8.